The van der Waals surface area contributed by atoms with Crippen LogP contribution in [0.25, 0.3) is 0 Å². The molecule has 0 fully saturated rings. The number of aryl methyl sites for hydroxylation is 2. The number of sulfonamides is 2. The van der Waals surface area contributed by atoms with Crippen molar-refractivity contribution >= 4 is 31.5 Å². The van der Waals surface area contributed by atoms with Crippen LogP contribution in [0.3, 0.4) is 0 Å². The summed E-state index contributed by atoms with van der Waals surface area (Å²) in [6.07, 6.45) is 2.94. The summed E-state index contributed by atoms with van der Waals surface area (Å²) in [5, 5.41) is 0. The molecule has 4 rings (SSSR count). The van der Waals surface area contributed by atoms with Gasteiger partial charge in [0.15, 0.2) is 0 Å². The predicted octanol–water partition coefficient (Wildman–Crippen LogP) is 4.23. The van der Waals surface area contributed by atoms with Crippen LogP contribution in [0.15, 0.2) is 104 Å². The zero-order valence-electron chi connectivity index (χ0n) is 17.4. The average molecular weight is 465 g/mol. The molecular weight excluding hydrogens is 444 g/mol. The number of benzene rings is 3. The van der Waals surface area contributed by atoms with Crippen LogP contribution in [0.1, 0.15) is 22.3 Å². The van der Waals surface area contributed by atoms with E-state index in [1.165, 1.54) is 36.4 Å². The number of fused-ring (bicyclic) bond motifs is 1. The zero-order valence-corrected chi connectivity index (χ0v) is 19.1. The van der Waals surface area contributed by atoms with Gasteiger partial charge in [0.2, 0.25) is 0 Å². The second-order valence-corrected chi connectivity index (χ2v) is 10.6. The van der Waals surface area contributed by atoms with Gasteiger partial charge in [-0.2, -0.15) is 25.6 Å². The van der Waals surface area contributed by atoms with Gasteiger partial charge in [0, 0.05) is 11.1 Å². The van der Waals surface area contributed by atoms with Gasteiger partial charge < -0.3 is 0 Å². The third-order valence-corrected chi connectivity index (χ3v) is 7.56. The van der Waals surface area contributed by atoms with Gasteiger partial charge in [-0.25, -0.2) is 0 Å². The summed E-state index contributed by atoms with van der Waals surface area (Å²) >= 11 is 0. The maximum Gasteiger partial charge on any atom is 0.282 e. The Morgan fingerprint density at radius 3 is 1.22 bits per heavy atom. The van der Waals surface area contributed by atoms with E-state index in [9.17, 15) is 16.8 Å². The Morgan fingerprint density at radius 1 is 0.531 bits per heavy atom. The molecular formula is C24H20N2O4S2. The van der Waals surface area contributed by atoms with E-state index >= 15 is 0 Å². The molecule has 162 valence electrons. The van der Waals surface area contributed by atoms with Crippen LogP contribution in [-0.2, 0) is 20.0 Å². The minimum atomic E-state index is -3.94. The molecule has 0 atom stereocenters. The van der Waals surface area contributed by atoms with Gasteiger partial charge in [-0.15, -0.1) is 0 Å². The highest BCUT2D eigenvalue weighted by Gasteiger charge is 2.22. The summed E-state index contributed by atoms with van der Waals surface area (Å²) in [6.45, 7) is 3.74. The Kier molecular flexibility index (Phi) is 5.66. The van der Waals surface area contributed by atoms with Crippen molar-refractivity contribution in [1.82, 2.24) is 0 Å². The summed E-state index contributed by atoms with van der Waals surface area (Å²) in [5.74, 6) is 0. The van der Waals surface area contributed by atoms with E-state index in [2.05, 4.69) is 8.80 Å². The number of nitrogens with zero attached hydrogens (tertiary/aromatic N) is 2. The minimum absolute atomic E-state index is 0.0860. The van der Waals surface area contributed by atoms with E-state index in [1.807, 2.05) is 13.8 Å². The van der Waals surface area contributed by atoms with E-state index in [-0.39, 0.29) is 21.2 Å². The van der Waals surface area contributed by atoms with Gasteiger partial charge >= 0.3 is 0 Å². The lowest BCUT2D eigenvalue weighted by molar-refractivity contribution is 0.596. The van der Waals surface area contributed by atoms with Gasteiger partial charge in [-0.1, -0.05) is 59.7 Å². The second kappa shape index (κ2) is 8.29. The largest absolute Gasteiger partial charge is 0.282 e. The van der Waals surface area contributed by atoms with Gasteiger partial charge in [0.1, 0.15) is 0 Å². The fraction of sp³-hybridized carbons (Fsp3) is 0.0833. The summed E-state index contributed by atoms with van der Waals surface area (Å²) in [7, 11) is -7.88. The lowest BCUT2D eigenvalue weighted by atomic mass is 9.94. The summed E-state index contributed by atoms with van der Waals surface area (Å²) in [4.78, 5) is 0.172. The summed E-state index contributed by atoms with van der Waals surface area (Å²) in [5.41, 5.74) is 3.29. The molecule has 0 saturated heterocycles. The summed E-state index contributed by atoms with van der Waals surface area (Å²) < 4.78 is 59.2. The van der Waals surface area contributed by atoms with Crippen molar-refractivity contribution < 1.29 is 16.8 Å². The molecule has 3 aromatic rings. The monoisotopic (exact) mass is 464 g/mol. The number of hydrogen-bond acceptors (Lipinski definition) is 4. The number of hydrogen-bond donors (Lipinski definition) is 0. The van der Waals surface area contributed by atoms with Gasteiger partial charge in [-0.05, 0) is 50.3 Å². The Morgan fingerprint density at radius 2 is 0.875 bits per heavy atom. The van der Waals surface area contributed by atoms with Crippen molar-refractivity contribution in [2.45, 2.75) is 23.6 Å². The van der Waals surface area contributed by atoms with E-state index in [4.69, 9.17) is 0 Å². The molecule has 1 aliphatic rings. The fourth-order valence-electron chi connectivity index (χ4n) is 3.21. The van der Waals surface area contributed by atoms with Crippen molar-refractivity contribution in [3.8, 4) is 0 Å². The molecule has 0 aromatic heterocycles. The average Bonchev–Trinajstić information content (AvgIpc) is 2.76. The highest BCUT2D eigenvalue weighted by molar-refractivity contribution is 7.90. The smallest absolute Gasteiger partial charge is 0.199 e. The first-order valence-corrected chi connectivity index (χ1v) is 12.6. The normalized spacial score (nSPS) is 16.3. The van der Waals surface area contributed by atoms with Crippen LogP contribution in [0.5, 0.6) is 0 Å². The van der Waals surface area contributed by atoms with Gasteiger partial charge in [-0.3, -0.25) is 0 Å². The van der Waals surface area contributed by atoms with Crippen LogP contribution in [0.2, 0.25) is 0 Å². The Balaban J connectivity index is 1.78. The molecule has 32 heavy (non-hydrogen) atoms. The van der Waals surface area contributed by atoms with Crippen molar-refractivity contribution in [1.29, 1.82) is 0 Å². The minimum Gasteiger partial charge on any atom is -0.199 e. The molecule has 3 aromatic carbocycles. The Labute approximate surface area is 187 Å². The van der Waals surface area contributed by atoms with Crippen LogP contribution >= 0.6 is 0 Å². The molecule has 0 spiro atoms. The maximum atomic E-state index is 12.8. The van der Waals surface area contributed by atoms with Gasteiger partial charge in [0.05, 0.1) is 21.2 Å². The molecule has 0 unspecified atom stereocenters. The Hall–Kier alpha value is -3.36. The fourth-order valence-corrected chi connectivity index (χ4v) is 5.22. The Bertz CT molecular complexity index is 1370. The lowest BCUT2D eigenvalue weighted by Gasteiger charge is -2.15. The second-order valence-electron chi connectivity index (χ2n) is 7.41. The number of rotatable bonds is 4. The third kappa shape index (κ3) is 4.46. The van der Waals surface area contributed by atoms with Gasteiger partial charge in [0.25, 0.3) is 20.0 Å². The molecule has 1 aliphatic carbocycles. The maximum absolute atomic E-state index is 12.8. The molecule has 0 aliphatic heterocycles. The first-order valence-electron chi connectivity index (χ1n) is 9.77. The van der Waals surface area contributed by atoms with Crippen molar-refractivity contribution in [3.05, 3.63) is 107 Å². The zero-order chi connectivity index (χ0) is 22.9. The summed E-state index contributed by atoms with van der Waals surface area (Å²) in [6, 6.07) is 19.7. The third-order valence-electron chi connectivity index (χ3n) is 4.95. The first-order chi connectivity index (χ1) is 15.2. The molecule has 0 bridgehead atoms. The lowest BCUT2D eigenvalue weighted by Crippen LogP contribution is -2.16. The van der Waals surface area contributed by atoms with Crippen LogP contribution < -0.4 is 0 Å². The van der Waals surface area contributed by atoms with Crippen LogP contribution in [0, 0.1) is 13.8 Å². The van der Waals surface area contributed by atoms with E-state index in [1.54, 1.807) is 48.5 Å². The highest BCUT2D eigenvalue weighted by Crippen LogP contribution is 2.23. The molecule has 0 amide bonds. The molecule has 0 N–H and O–H groups in total. The molecule has 6 nitrogen and oxygen atoms in total. The van der Waals surface area contributed by atoms with Crippen molar-refractivity contribution in [2.75, 3.05) is 0 Å². The van der Waals surface area contributed by atoms with E-state index in [0.717, 1.165) is 11.1 Å². The standard InChI is InChI=1S/C24H20N2O4S2/c1-17-7-11-19(12-8-17)31(27,28)25-23-15-16-24(22-6-4-3-5-21(22)23)26-32(29,30)20-13-9-18(2)10-14-20/h3-16H,1-2H3. The van der Waals surface area contributed by atoms with E-state index < -0.39 is 20.0 Å². The molecule has 0 radical (unpaired) electrons. The van der Waals surface area contributed by atoms with E-state index in [0.29, 0.717) is 11.1 Å². The molecule has 0 saturated carbocycles. The predicted molar refractivity (Wildman–Crippen MR) is 125 cm³/mol. The number of allylic oxidation sites excluding steroid dienone is 2. The SMILES string of the molecule is Cc1ccc(S(=O)(=O)N=C2C=CC(=NS(=O)(=O)c3ccc(C)cc3)c3ccccc32)cc1. The van der Waals surface area contributed by atoms with Crippen LogP contribution in [-0.4, -0.2) is 28.3 Å². The van der Waals surface area contributed by atoms with Crippen LogP contribution in [0.4, 0.5) is 0 Å². The van der Waals surface area contributed by atoms with Crippen molar-refractivity contribution in [2.24, 2.45) is 8.80 Å². The molecule has 0 heterocycles. The first kappa shape index (κ1) is 21.9. The topological polar surface area (TPSA) is 93.0 Å². The molecule has 8 heteroatoms. The quantitative estimate of drug-likeness (QED) is 0.578. The van der Waals surface area contributed by atoms with Crippen molar-refractivity contribution in [3.63, 3.8) is 0 Å². The highest BCUT2D eigenvalue weighted by atomic mass is 32.2.